The Kier molecular flexibility index (Phi) is 3.06. The normalized spacial score (nSPS) is 17.0. The lowest BCUT2D eigenvalue weighted by atomic mass is 9.86. The molecular weight excluding hydrogens is 346 g/mol. The number of benzene rings is 3. The summed E-state index contributed by atoms with van der Waals surface area (Å²) in [7, 11) is -3.71. The molecule has 0 amide bonds. The highest BCUT2D eigenvalue weighted by Crippen LogP contribution is 2.34. The summed E-state index contributed by atoms with van der Waals surface area (Å²) in [6, 6.07) is 18.9. The second kappa shape index (κ2) is 5.22. The first-order valence-corrected chi connectivity index (χ1v) is 9.68. The lowest BCUT2D eigenvalue weighted by Crippen LogP contribution is -2.18. The standard InChI is InChI=1S/C21H13NO3S/c23-21-16(11-13-8-9-14-4-1-2-5-15(14)10-13)12-18-20-17(21)6-3-7-19(20)26(24,25)22-18/h1-10,12H,11H2. The average Bonchev–Trinajstić information content (AvgIpc) is 2.90. The van der Waals surface area contributed by atoms with Crippen LogP contribution in [-0.2, 0) is 16.4 Å². The number of hydrogen-bond acceptors (Lipinski definition) is 3. The number of sulfonamides is 1. The largest absolute Gasteiger partial charge is 0.289 e. The maximum Gasteiger partial charge on any atom is 0.283 e. The van der Waals surface area contributed by atoms with Crippen LogP contribution in [0.1, 0.15) is 21.5 Å². The van der Waals surface area contributed by atoms with E-state index in [1.807, 2.05) is 36.4 Å². The monoisotopic (exact) mass is 359 g/mol. The molecule has 0 unspecified atom stereocenters. The van der Waals surface area contributed by atoms with Crippen molar-refractivity contribution in [3.05, 3.63) is 89.0 Å². The summed E-state index contributed by atoms with van der Waals surface area (Å²) >= 11 is 0. The van der Waals surface area contributed by atoms with Crippen molar-refractivity contribution in [1.29, 1.82) is 0 Å². The number of Topliss-reactive ketones (excluding diaryl/α,β-unsaturated/α-hetero) is 1. The van der Waals surface area contributed by atoms with Crippen LogP contribution in [0.5, 0.6) is 0 Å². The van der Waals surface area contributed by atoms with Crippen LogP contribution < -0.4 is 0 Å². The quantitative estimate of drug-likeness (QED) is 0.701. The molecule has 1 aliphatic carbocycles. The zero-order valence-corrected chi connectivity index (χ0v) is 14.5. The smallest absolute Gasteiger partial charge is 0.283 e. The molecule has 3 aromatic carbocycles. The van der Waals surface area contributed by atoms with Crippen molar-refractivity contribution in [1.82, 2.24) is 0 Å². The van der Waals surface area contributed by atoms with Gasteiger partial charge in [0.05, 0.1) is 10.6 Å². The van der Waals surface area contributed by atoms with Gasteiger partial charge in [-0.25, -0.2) is 0 Å². The van der Waals surface area contributed by atoms with E-state index in [2.05, 4.69) is 10.5 Å². The summed E-state index contributed by atoms with van der Waals surface area (Å²) in [4.78, 5) is 13.0. The van der Waals surface area contributed by atoms with Gasteiger partial charge in [-0.15, -0.1) is 0 Å². The molecule has 1 heterocycles. The van der Waals surface area contributed by atoms with Crippen LogP contribution in [0.15, 0.2) is 81.6 Å². The highest BCUT2D eigenvalue weighted by molar-refractivity contribution is 7.90. The fourth-order valence-electron chi connectivity index (χ4n) is 3.63. The summed E-state index contributed by atoms with van der Waals surface area (Å²) in [6.45, 7) is 0. The van der Waals surface area contributed by atoms with Crippen molar-refractivity contribution in [3.8, 4) is 0 Å². The van der Waals surface area contributed by atoms with E-state index in [1.165, 1.54) is 6.07 Å². The van der Waals surface area contributed by atoms with Gasteiger partial charge in [-0.3, -0.25) is 4.79 Å². The number of ketones is 1. The summed E-state index contributed by atoms with van der Waals surface area (Å²) < 4.78 is 28.2. The van der Waals surface area contributed by atoms with Crippen molar-refractivity contribution >= 4 is 32.3 Å². The van der Waals surface area contributed by atoms with Crippen molar-refractivity contribution in [3.63, 3.8) is 0 Å². The Morgan fingerprint density at radius 3 is 2.54 bits per heavy atom. The van der Waals surface area contributed by atoms with E-state index in [4.69, 9.17) is 0 Å². The molecule has 2 aliphatic rings. The third-order valence-electron chi connectivity index (χ3n) is 4.83. The van der Waals surface area contributed by atoms with Gasteiger partial charge in [0.25, 0.3) is 10.0 Å². The molecule has 5 heteroatoms. The summed E-state index contributed by atoms with van der Waals surface area (Å²) in [5, 5.41) is 2.25. The molecule has 126 valence electrons. The van der Waals surface area contributed by atoms with Crippen molar-refractivity contribution in [2.45, 2.75) is 11.3 Å². The Labute approximate surface area is 150 Å². The molecule has 0 aromatic heterocycles. The van der Waals surface area contributed by atoms with Gasteiger partial charge in [-0.1, -0.05) is 54.6 Å². The zero-order chi connectivity index (χ0) is 17.9. The number of rotatable bonds is 2. The SMILES string of the molecule is O=C1C(Cc2ccc3ccccc3c2)=CC2=NS(=O)(=O)c3cccc1c32. The summed E-state index contributed by atoms with van der Waals surface area (Å²) in [5.74, 6) is -0.133. The van der Waals surface area contributed by atoms with E-state index in [-0.39, 0.29) is 10.7 Å². The van der Waals surface area contributed by atoms with Crippen LogP contribution in [0.4, 0.5) is 0 Å². The van der Waals surface area contributed by atoms with Gasteiger partial charge in [-0.2, -0.15) is 12.8 Å². The van der Waals surface area contributed by atoms with Gasteiger partial charge in [-0.05, 0) is 28.5 Å². The topological polar surface area (TPSA) is 63.6 Å². The molecule has 5 rings (SSSR count). The van der Waals surface area contributed by atoms with E-state index < -0.39 is 10.0 Å². The number of hydrogen-bond donors (Lipinski definition) is 0. The van der Waals surface area contributed by atoms with E-state index in [9.17, 15) is 13.2 Å². The molecule has 0 radical (unpaired) electrons. The minimum atomic E-state index is -3.71. The molecule has 4 nitrogen and oxygen atoms in total. The molecular formula is C21H13NO3S. The number of carbonyl (C=O) groups is 1. The van der Waals surface area contributed by atoms with Crippen molar-refractivity contribution in [2.75, 3.05) is 0 Å². The van der Waals surface area contributed by atoms with Gasteiger partial charge >= 0.3 is 0 Å². The zero-order valence-electron chi connectivity index (χ0n) is 13.6. The molecule has 0 N–H and O–H groups in total. The third kappa shape index (κ3) is 2.17. The fourth-order valence-corrected chi connectivity index (χ4v) is 4.85. The summed E-state index contributed by atoms with van der Waals surface area (Å²) in [5.41, 5.74) is 2.79. The van der Waals surface area contributed by atoms with Crippen molar-refractivity contribution in [2.24, 2.45) is 4.40 Å². The van der Waals surface area contributed by atoms with Gasteiger partial charge in [0, 0.05) is 23.1 Å². The number of allylic oxidation sites excluding steroid dienone is 2. The Bertz CT molecular complexity index is 1280. The molecule has 0 spiro atoms. The van der Waals surface area contributed by atoms with E-state index in [0.29, 0.717) is 28.8 Å². The Morgan fingerprint density at radius 2 is 1.69 bits per heavy atom. The molecule has 0 bridgehead atoms. The van der Waals surface area contributed by atoms with Gasteiger partial charge in [0.2, 0.25) is 0 Å². The fraction of sp³-hybridized carbons (Fsp3) is 0.0476. The maximum absolute atomic E-state index is 12.9. The van der Waals surface area contributed by atoms with Crippen LogP contribution in [0.2, 0.25) is 0 Å². The second-order valence-electron chi connectivity index (χ2n) is 6.49. The lowest BCUT2D eigenvalue weighted by Gasteiger charge is -2.16. The Balaban J connectivity index is 1.61. The predicted octanol–water partition coefficient (Wildman–Crippen LogP) is 3.70. The van der Waals surface area contributed by atoms with E-state index >= 15 is 0 Å². The lowest BCUT2D eigenvalue weighted by molar-refractivity contribution is 0.103. The minimum absolute atomic E-state index is 0.124. The molecule has 26 heavy (non-hydrogen) atoms. The first kappa shape index (κ1) is 15.2. The Morgan fingerprint density at radius 1 is 0.885 bits per heavy atom. The second-order valence-corrected chi connectivity index (χ2v) is 8.06. The van der Waals surface area contributed by atoms with Crippen LogP contribution in [0.25, 0.3) is 10.8 Å². The summed E-state index contributed by atoms with van der Waals surface area (Å²) in [6.07, 6.45) is 2.06. The van der Waals surface area contributed by atoms with Gasteiger partial charge in [0.15, 0.2) is 5.78 Å². The maximum atomic E-state index is 12.9. The first-order valence-electron chi connectivity index (χ1n) is 8.24. The van der Waals surface area contributed by atoms with E-state index in [1.54, 1.807) is 18.2 Å². The molecule has 0 saturated heterocycles. The Hall–Kier alpha value is -3.05. The number of carbonyl (C=O) groups excluding carboxylic acids is 1. The molecule has 0 saturated carbocycles. The average molecular weight is 359 g/mol. The van der Waals surface area contributed by atoms with Crippen LogP contribution in [-0.4, -0.2) is 19.9 Å². The predicted molar refractivity (Wildman–Crippen MR) is 100 cm³/mol. The van der Waals surface area contributed by atoms with Crippen LogP contribution in [0, 0.1) is 0 Å². The minimum Gasteiger partial charge on any atom is -0.289 e. The molecule has 0 fully saturated rings. The number of nitrogens with zero attached hydrogens (tertiary/aromatic N) is 1. The van der Waals surface area contributed by atoms with Crippen molar-refractivity contribution < 1.29 is 13.2 Å². The van der Waals surface area contributed by atoms with Gasteiger partial charge < -0.3 is 0 Å². The molecule has 1 aliphatic heterocycles. The van der Waals surface area contributed by atoms with E-state index in [0.717, 1.165) is 16.3 Å². The highest BCUT2D eigenvalue weighted by atomic mass is 32.2. The molecule has 0 atom stereocenters. The van der Waals surface area contributed by atoms with Gasteiger partial charge in [0.1, 0.15) is 0 Å². The highest BCUT2D eigenvalue weighted by Gasteiger charge is 2.35. The van der Waals surface area contributed by atoms with Crippen LogP contribution >= 0.6 is 0 Å². The number of fused-ring (bicyclic) bond motifs is 1. The molecule has 3 aromatic rings. The van der Waals surface area contributed by atoms with Crippen LogP contribution in [0.3, 0.4) is 0 Å². The first-order chi connectivity index (χ1) is 12.5. The third-order valence-corrected chi connectivity index (χ3v) is 6.17.